The molecule has 2 heterocycles. The summed E-state index contributed by atoms with van der Waals surface area (Å²) in [7, 11) is 1.65. The van der Waals surface area contributed by atoms with E-state index < -0.39 is 5.91 Å². The van der Waals surface area contributed by atoms with Gasteiger partial charge in [0.2, 0.25) is 0 Å². The van der Waals surface area contributed by atoms with E-state index in [1.165, 1.54) is 0 Å². The Kier molecular flexibility index (Phi) is 5.42. The first-order chi connectivity index (χ1) is 12.6. The fourth-order valence-electron chi connectivity index (χ4n) is 3.77. The van der Waals surface area contributed by atoms with Crippen LogP contribution in [0.15, 0.2) is 42.6 Å². The van der Waals surface area contributed by atoms with Crippen LogP contribution in [0.2, 0.25) is 0 Å². The van der Waals surface area contributed by atoms with Crippen molar-refractivity contribution in [1.29, 1.82) is 0 Å². The van der Waals surface area contributed by atoms with Crippen molar-refractivity contribution >= 4 is 11.7 Å². The lowest BCUT2D eigenvalue weighted by molar-refractivity contribution is 0.0994. The van der Waals surface area contributed by atoms with Crippen LogP contribution in [0.3, 0.4) is 0 Å². The number of aromatic nitrogens is 1. The number of carbonyl (C=O) groups is 1. The van der Waals surface area contributed by atoms with E-state index >= 15 is 0 Å². The van der Waals surface area contributed by atoms with Gasteiger partial charge in [0.05, 0.1) is 19.3 Å². The number of ether oxygens (including phenoxy) is 1. The summed E-state index contributed by atoms with van der Waals surface area (Å²) < 4.78 is 5.31. The van der Waals surface area contributed by atoms with E-state index in [0.29, 0.717) is 17.9 Å². The van der Waals surface area contributed by atoms with E-state index in [4.69, 9.17) is 10.5 Å². The van der Waals surface area contributed by atoms with Crippen LogP contribution in [0.4, 0.5) is 5.82 Å². The van der Waals surface area contributed by atoms with Gasteiger partial charge in [-0.1, -0.05) is 12.1 Å². The molecule has 138 valence electrons. The molecular formula is C20H25N3O3. The molecule has 3 N–H and O–H groups in total. The van der Waals surface area contributed by atoms with Gasteiger partial charge in [-0.15, -0.1) is 0 Å². The van der Waals surface area contributed by atoms with E-state index in [2.05, 4.69) is 16.0 Å². The van der Waals surface area contributed by atoms with Gasteiger partial charge >= 0.3 is 0 Å². The molecule has 0 spiro atoms. The topological polar surface area (TPSA) is 88.7 Å². The van der Waals surface area contributed by atoms with Crippen molar-refractivity contribution in [3.63, 3.8) is 0 Å². The average molecular weight is 355 g/mol. The van der Waals surface area contributed by atoms with E-state index in [0.717, 1.165) is 37.1 Å². The van der Waals surface area contributed by atoms with Gasteiger partial charge in [-0.05, 0) is 49.1 Å². The summed E-state index contributed by atoms with van der Waals surface area (Å²) in [6, 6.07) is 11.3. The zero-order valence-electron chi connectivity index (χ0n) is 15.0. The Morgan fingerprint density at radius 2 is 2.23 bits per heavy atom. The van der Waals surface area contributed by atoms with Gasteiger partial charge < -0.3 is 20.5 Å². The third-order valence-electron chi connectivity index (χ3n) is 5.06. The molecule has 6 heteroatoms. The number of primary amides is 1. The van der Waals surface area contributed by atoms with E-state index in [1.807, 2.05) is 18.2 Å². The number of benzene rings is 1. The minimum absolute atomic E-state index is 0.0689. The maximum absolute atomic E-state index is 11.7. The van der Waals surface area contributed by atoms with E-state index in [1.54, 1.807) is 25.4 Å². The van der Waals surface area contributed by atoms with Crippen molar-refractivity contribution < 1.29 is 14.6 Å². The molecular weight excluding hydrogens is 330 g/mol. The zero-order chi connectivity index (χ0) is 18.6. The molecule has 1 aliphatic rings. The molecule has 1 fully saturated rings. The summed E-state index contributed by atoms with van der Waals surface area (Å²) in [5.74, 6) is 0.924. The highest BCUT2D eigenvalue weighted by Gasteiger charge is 2.36. The van der Waals surface area contributed by atoms with Crippen molar-refractivity contribution in [2.24, 2.45) is 11.1 Å². The number of carbonyl (C=O) groups excluding carboxylic acids is 1. The molecule has 2 aromatic rings. The van der Waals surface area contributed by atoms with Crippen molar-refractivity contribution in [3.05, 3.63) is 53.7 Å². The van der Waals surface area contributed by atoms with Crippen LogP contribution in [-0.2, 0) is 6.42 Å². The number of amides is 1. The predicted octanol–water partition coefficient (Wildman–Crippen LogP) is 2.01. The number of methoxy groups -OCH3 is 1. The lowest BCUT2D eigenvalue weighted by atomic mass is 9.75. The number of pyridine rings is 1. The summed E-state index contributed by atoms with van der Waals surface area (Å²) in [6.45, 7) is 1.48. The number of nitrogens with zero attached hydrogens (tertiary/aromatic N) is 2. The Morgan fingerprint density at radius 1 is 1.38 bits per heavy atom. The molecule has 1 amide bonds. The molecule has 3 rings (SSSR count). The molecule has 1 aliphatic heterocycles. The maximum Gasteiger partial charge on any atom is 0.252 e. The third kappa shape index (κ3) is 3.80. The Labute approximate surface area is 153 Å². The highest BCUT2D eigenvalue weighted by atomic mass is 16.5. The van der Waals surface area contributed by atoms with Crippen molar-refractivity contribution in [2.45, 2.75) is 19.3 Å². The summed E-state index contributed by atoms with van der Waals surface area (Å²) in [4.78, 5) is 18.2. The largest absolute Gasteiger partial charge is 0.497 e. The second-order valence-electron chi connectivity index (χ2n) is 6.95. The Bertz CT molecular complexity index is 780. The first kappa shape index (κ1) is 18.2. The highest BCUT2D eigenvalue weighted by molar-refractivity contribution is 5.97. The van der Waals surface area contributed by atoms with Gasteiger partial charge in [-0.25, -0.2) is 4.98 Å². The van der Waals surface area contributed by atoms with Gasteiger partial charge in [-0.2, -0.15) is 0 Å². The second kappa shape index (κ2) is 7.74. The number of aliphatic hydroxyl groups excluding tert-OH is 1. The van der Waals surface area contributed by atoms with Gasteiger partial charge in [-0.3, -0.25) is 4.79 Å². The fourth-order valence-corrected chi connectivity index (χ4v) is 3.77. The zero-order valence-corrected chi connectivity index (χ0v) is 15.0. The van der Waals surface area contributed by atoms with Crippen LogP contribution in [0.5, 0.6) is 5.75 Å². The summed E-state index contributed by atoms with van der Waals surface area (Å²) in [6.07, 6.45) is 4.23. The van der Waals surface area contributed by atoms with Crippen LogP contribution in [0.25, 0.3) is 0 Å². The normalized spacial score (nSPS) is 20.0. The highest BCUT2D eigenvalue weighted by Crippen LogP contribution is 2.36. The molecule has 1 aromatic heterocycles. The summed E-state index contributed by atoms with van der Waals surface area (Å²) >= 11 is 0. The summed E-state index contributed by atoms with van der Waals surface area (Å²) in [5, 5.41) is 10.2. The minimum atomic E-state index is -0.485. The van der Waals surface area contributed by atoms with E-state index in [-0.39, 0.29) is 12.0 Å². The Hall–Kier alpha value is -2.60. The number of anilines is 1. The molecule has 0 bridgehead atoms. The molecule has 1 saturated heterocycles. The molecule has 6 nitrogen and oxygen atoms in total. The maximum atomic E-state index is 11.7. The monoisotopic (exact) mass is 355 g/mol. The van der Waals surface area contributed by atoms with Gasteiger partial charge in [0.15, 0.2) is 0 Å². The van der Waals surface area contributed by atoms with Crippen molar-refractivity contribution in [1.82, 2.24) is 4.98 Å². The predicted molar refractivity (Wildman–Crippen MR) is 100 cm³/mol. The van der Waals surface area contributed by atoms with Gasteiger partial charge in [0.1, 0.15) is 11.6 Å². The smallest absolute Gasteiger partial charge is 0.252 e. The van der Waals surface area contributed by atoms with Crippen LogP contribution in [0.1, 0.15) is 28.8 Å². The first-order valence-corrected chi connectivity index (χ1v) is 8.80. The van der Waals surface area contributed by atoms with Crippen LogP contribution in [-0.4, -0.2) is 42.8 Å². The number of nitrogens with two attached hydrogens (primary N) is 1. The van der Waals surface area contributed by atoms with E-state index in [9.17, 15) is 9.90 Å². The lowest BCUT2D eigenvalue weighted by Gasteiger charge is -2.43. The Morgan fingerprint density at radius 3 is 2.96 bits per heavy atom. The molecule has 0 radical (unpaired) electrons. The van der Waals surface area contributed by atoms with Crippen LogP contribution >= 0.6 is 0 Å². The number of aliphatic hydroxyl groups is 1. The molecule has 1 aromatic carbocycles. The fraction of sp³-hybridized carbons (Fsp3) is 0.400. The van der Waals surface area contributed by atoms with Crippen LogP contribution in [0, 0.1) is 5.41 Å². The lowest BCUT2D eigenvalue weighted by Crippen LogP contribution is -2.47. The van der Waals surface area contributed by atoms with Gasteiger partial charge in [0, 0.05) is 24.7 Å². The second-order valence-corrected chi connectivity index (χ2v) is 6.95. The molecule has 26 heavy (non-hydrogen) atoms. The minimum Gasteiger partial charge on any atom is -0.497 e. The Balaban J connectivity index is 1.86. The molecule has 0 saturated carbocycles. The van der Waals surface area contributed by atoms with Crippen molar-refractivity contribution in [2.75, 3.05) is 31.7 Å². The quantitative estimate of drug-likeness (QED) is 0.827. The standard InChI is InChI=1S/C20H25N3O3/c1-26-16-6-2-5-15(11-16)12-20(14-24)8-4-10-23(13-20)19-17(18(21)25)7-3-9-22-19/h2-3,5-7,9,11,24H,4,8,10,12-14H2,1H3,(H2,21,25). The van der Waals surface area contributed by atoms with Crippen molar-refractivity contribution in [3.8, 4) is 5.75 Å². The van der Waals surface area contributed by atoms with Gasteiger partial charge in [0.25, 0.3) is 5.91 Å². The molecule has 1 atom stereocenters. The summed E-state index contributed by atoms with van der Waals surface area (Å²) in [5.41, 5.74) is 6.75. The number of piperidine rings is 1. The number of hydrogen-bond acceptors (Lipinski definition) is 5. The number of hydrogen-bond donors (Lipinski definition) is 2. The number of rotatable bonds is 6. The average Bonchev–Trinajstić information content (AvgIpc) is 2.68. The molecule has 1 unspecified atom stereocenters. The molecule has 0 aliphatic carbocycles. The third-order valence-corrected chi connectivity index (χ3v) is 5.06. The van der Waals surface area contributed by atoms with Crippen LogP contribution < -0.4 is 15.4 Å². The first-order valence-electron chi connectivity index (χ1n) is 8.80. The SMILES string of the molecule is COc1cccc(CC2(CO)CCCN(c3ncccc3C(N)=O)C2)c1.